The Morgan fingerprint density at radius 1 is 0.786 bits per heavy atom. The topological polar surface area (TPSA) is 10.9 Å². The molecule has 1 aliphatic rings. The molecule has 3 heterocycles. The number of hydrogen-bond acceptors (Lipinski definition) is 2. The fraction of sp³-hybridized carbons (Fsp3) is 0.200. The summed E-state index contributed by atoms with van der Waals surface area (Å²) in [5.41, 5.74) is 5.18. The highest BCUT2D eigenvalue weighted by Crippen LogP contribution is 2.40. The normalized spacial score (nSPS) is 14.8. The van der Waals surface area contributed by atoms with Gasteiger partial charge in [0.25, 0.3) is 0 Å². The van der Waals surface area contributed by atoms with Gasteiger partial charge in [-0.05, 0) is 30.2 Å². The number of rotatable bonds is 3. The zero-order valence-electron chi connectivity index (χ0n) is 16.3. The van der Waals surface area contributed by atoms with E-state index in [1.807, 2.05) is 0 Å². The maximum Gasteiger partial charge on any atom is 0.0942 e. The summed E-state index contributed by atoms with van der Waals surface area (Å²) in [6.07, 6.45) is 4.42. The molecule has 138 valence electrons. The molecule has 0 spiro atoms. The smallest absolute Gasteiger partial charge is 0.0942 e. The number of fused-ring (bicyclic) bond motifs is 6. The Balaban J connectivity index is 1.54. The minimum absolute atomic E-state index is 0.668. The summed E-state index contributed by atoms with van der Waals surface area (Å²) in [7, 11) is 0. The average molecular weight is 365 g/mol. The third kappa shape index (κ3) is 2.10. The highest BCUT2D eigenvalue weighted by atomic mass is 15.3. The van der Waals surface area contributed by atoms with Crippen molar-refractivity contribution in [3.05, 3.63) is 73.1 Å². The number of hydrogen-bond donors (Lipinski definition) is 0. The number of anilines is 1. The van der Waals surface area contributed by atoms with Crippen LogP contribution in [0.15, 0.2) is 73.1 Å². The minimum Gasteiger partial charge on any atom is -0.358 e. The average Bonchev–Trinajstić information content (AvgIpc) is 3.38. The maximum atomic E-state index is 2.43. The molecule has 0 amide bonds. The molecule has 0 atom stereocenters. The summed E-state index contributed by atoms with van der Waals surface area (Å²) in [6, 6.07) is 22.3. The molecule has 5 aromatic rings. The number of aromatic nitrogens is 1. The quantitative estimate of drug-likeness (QED) is 0.386. The van der Waals surface area contributed by atoms with Gasteiger partial charge in [0, 0.05) is 46.2 Å². The number of benzene rings is 3. The van der Waals surface area contributed by atoms with Gasteiger partial charge in [0.2, 0.25) is 0 Å². The van der Waals surface area contributed by atoms with Crippen LogP contribution in [0.4, 0.5) is 5.69 Å². The fourth-order valence-electron chi connectivity index (χ4n) is 4.82. The van der Waals surface area contributed by atoms with Crippen LogP contribution < -0.4 is 4.90 Å². The second kappa shape index (κ2) is 5.65. The third-order valence-corrected chi connectivity index (χ3v) is 5.93. The monoisotopic (exact) mass is 365 g/mol. The van der Waals surface area contributed by atoms with Gasteiger partial charge in [0.05, 0.1) is 23.2 Å². The first-order valence-electron chi connectivity index (χ1n) is 10.1. The molecule has 0 radical (unpaired) electrons. The summed E-state index contributed by atoms with van der Waals surface area (Å²) in [5, 5.41) is 5.35. The standard InChI is InChI=1S/C25H23N3/c1-17(2)15-26-12-13-27(16-26)18-10-11-24-22(14-18)21-8-5-7-20-19-6-3-4-9-23(19)28(24)25(20)21/h3-14,17H,15-16H2,1-2H3. The van der Waals surface area contributed by atoms with Crippen molar-refractivity contribution in [1.29, 1.82) is 0 Å². The lowest BCUT2D eigenvalue weighted by molar-refractivity contribution is 0.354. The van der Waals surface area contributed by atoms with E-state index in [9.17, 15) is 0 Å². The summed E-state index contributed by atoms with van der Waals surface area (Å²) in [4.78, 5) is 4.73. The molecule has 3 nitrogen and oxygen atoms in total. The zero-order chi connectivity index (χ0) is 18.8. The van der Waals surface area contributed by atoms with Crippen molar-refractivity contribution in [3.63, 3.8) is 0 Å². The van der Waals surface area contributed by atoms with Crippen molar-refractivity contribution < 1.29 is 0 Å². The molecule has 0 aliphatic carbocycles. The fourth-order valence-corrected chi connectivity index (χ4v) is 4.82. The summed E-state index contributed by atoms with van der Waals surface area (Å²) in [5.74, 6) is 0.668. The summed E-state index contributed by atoms with van der Waals surface area (Å²) in [6.45, 7) is 6.56. The van der Waals surface area contributed by atoms with Crippen molar-refractivity contribution in [1.82, 2.24) is 9.30 Å². The van der Waals surface area contributed by atoms with Crippen LogP contribution in [0.3, 0.4) is 0 Å². The minimum atomic E-state index is 0.668. The van der Waals surface area contributed by atoms with Crippen LogP contribution in [-0.4, -0.2) is 22.5 Å². The second-order valence-corrected chi connectivity index (χ2v) is 8.33. The van der Waals surface area contributed by atoms with Gasteiger partial charge < -0.3 is 14.2 Å². The first-order valence-corrected chi connectivity index (χ1v) is 10.1. The van der Waals surface area contributed by atoms with Crippen LogP contribution in [0, 0.1) is 5.92 Å². The van der Waals surface area contributed by atoms with Gasteiger partial charge in [-0.2, -0.15) is 0 Å². The molecule has 0 unspecified atom stereocenters. The van der Waals surface area contributed by atoms with Crippen molar-refractivity contribution in [2.75, 3.05) is 18.1 Å². The molecule has 1 aliphatic heterocycles. The molecule has 0 saturated heterocycles. The molecular formula is C25H23N3. The van der Waals surface area contributed by atoms with E-state index in [1.165, 1.54) is 43.8 Å². The van der Waals surface area contributed by atoms with Crippen LogP contribution in [0.5, 0.6) is 0 Å². The molecule has 3 heteroatoms. The van der Waals surface area contributed by atoms with Gasteiger partial charge >= 0.3 is 0 Å². The van der Waals surface area contributed by atoms with E-state index in [-0.39, 0.29) is 0 Å². The molecule has 28 heavy (non-hydrogen) atoms. The lowest BCUT2D eigenvalue weighted by Gasteiger charge is -2.22. The van der Waals surface area contributed by atoms with Gasteiger partial charge in [-0.25, -0.2) is 0 Å². The Morgan fingerprint density at radius 2 is 1.54 bits per heavy atom. The Hall–Kier alpha value is -3.20. The predicted molar refractivity (Wildman–Crippen MR) is 119 cm³/mol. The Bertz CT molecular complexity index is 1360. The van der Waals surface area contributed by atoms with E-state index in [2.05, 4.69) is 101 Å². The molecule has 3 aromatic carbocycles. The van der Waals surface area contributed by atoms with E-state index in [4.69, 9.17) is 0 Å². The van der Waals surface area contributed by atoms with E-state index in [0.29, 0.717) is 5.92 Å². The summed E-state index contributed by atoms with van der Waals surface area (Å²) < 4.78 is 2.43. The summed E-state index contributed by atoms with van der Waals surface area (Å²) >= 11 is 0. The van der Waals surface area contributed by atoms with E-state index < -0.39 is 0 Å². The molecule has 0 fully saturated rings. The molecule has 0 saturated carbocycles. The van der Waals surface area contributed by atoms with Gasteiger partial charge in [0.1, 0.15) is 0 Å². The highest BCUT2D eigenvalue weighted by molar-refractivity contribution is 6.23. The van der Waals surface area contributed by atoms with Crippen LogP contribution in [0.2, 0.25) is 0 Å². The van der Waals surface area contributed by atoms with E-state index in [0.717, 1.165) is 13.2 Å². The Kier molecular flexibility index (Phi) is 3.19. The van der Waals surface area contributed by atoms with Gasteiger partial charge in [0.15, 0.2) is 0 Å². The van der Waals surface area contributed by atoms with Crippen molar-refractivity contribution in [3.8, 4) is 0 Å². The Labute approximate surface area is 164 Å². The Morgan fingerprint density at radius 3 is 2.39 bits per heavy atom. The first kappa shape index (κ1) is 15.8. The largest absolute Gasteiger partial charge is 0.358 e. The van der Waals surface area contributed by atoms with Crippen LogP contribution in [-0.2, 0) is 0 Å². The number of nitrogens with zero attached hydrogens (tertiary/aromatic N) is 3. The van der Waals surface area contributed by atoms with Crippen molar-refractivity contribution >= 4 is 43.8 Å². The van der Waals surface area contributed by atoms with Crippen LogP contribution >= 0.6 is 0 Å². The number of para-hydroxylation sites is 2. The van der Waals surface area contributed by atoms with E-state index >= 15 is 0 Å². The molecular weight excluding hydrogens is 342 g/mol. The van der Waals surface area contributed by atoms with Crippen molar-refractivity contribution in [2.24, 2.45) is 5.92 Å². The predicted octanol–water partition coefficient (Wildman–Crippen LogP) is 6.04. The van der Waals surface area contributed by atoms with Crippen LogP contribution in [0.1, 0.15) is 13.8 Å². The van der Waals surface area contributed by atoms with Crippen molar-refractivity contribution in [2.45, 2.75) is 13.8 Å². The highest BCUT2D eigenvalue weighted by Gasteiger charge is 2.19. The van der Waals surface area contributed by atoms with Crippen LogP contribution in [0.25, 0.3) is 38.1 Å². The SMILES string of the molecule is CC(C)CN1C=CN(c2ccc3c(c2)c2cccc4c5ccccc5n3c42)C1. The molecule has 0 bridgehead atoms. The van der Waals surface area contributed by atoms with E-state index in [1.54, 1.807) is 0 Å². The van der Waals surface area contributed by atoms with Gasteiger partial charge in [-0.3, -0.25) is 0 Å². The molecule has 2 aromatic heterocycles. The lowest BCUT2D eigenvalue weighted by atomic mass is 10.1. The molecule has 6 rings (SSSR count). The lowest BCUT2D eigenvalue weighted by Crippen LogP contribution is -2.27. The molecule has 0 N–H and O–H groups in total. The zero-order valence-corrected chi connectivity index (χ0v) is 16.3. The van der Waals surface area contributed by atoms with Gasteiger partial charge in [-0.1, -0.05) is 50.2 Å². The second-order valence-electron chi connectivity index (χ2n) is 8.33. The third-order valence-electron chi connectivity index (χ3n) is 5.93. The maximum absolute atomic E-state index is 2.43. The van der Waals surface area contributed by atoms with Gasteiger partial charge in [-0.15, -0.1) is 0 Å². The first-order chi connectivity index (χ1) is 13.7.